The second kappa shape index (κ2) is 11.0. The van der Waals surface area contributed by atoms with Gasteiger partial charge in [-0.1, -0.05) is 95.5 Å². The molecule has 0 atom stereocenters. The van der Waals surface area contributed by atoms with Gasteiger partial charge in [-0.15, -0.1) is 0 Å². The molecule has 1 aromatic carbocycles. The van der Waals surface area contributed by atoms with Gasteiger partial charge in [0, 0.05) is 0 Å². The van der Waals surface area contributed by atoms with Gasteiger partial charge in [-0.2, -0.15) is 0 Å². The molecule has 1 aromatic rings. The smallest absolute Gasteiger partial charge is 0.373 e. The molecule has 3 heteroatoms. The molecule has 0 spiro atoms. The molecule has 0 aliphatic carbocycles. The minimum absolute atomic E-state index is 0.633. The monoisotopic (exact) mass is 332 g/mol. The number of carbonyl (C=O) groups excluding carboxylic acids is 1. The summed E-state index contributed by atoms with van der Waals surface area (Å²) in [7, 11) is 0. The van der Waals surface area contributed by atoms with E-state index in [4.69, 9.17) is 0 Å². The van der Waals surface area contributed by atoms with Crippen LogP contribution in [0, 0.1) is 0 Å². The van der Waals surface area contributed by atoms with Crippen molar-refractivity contribution in [1.82, 2.24) is 0 Å². The summed E-state index contributed by atoms with van der Waals surface area (Å²) in [5.74, 6) is -1.94. The van der Waals surface area contributed by atoms with E-state index in [0.717, 1.165) is 56.9 Å². The molecule has 1 N–H and O–H groups in total. The fourth-order valence-corrected chi connectivity index (χ4v) is 3.44. The molecule has 1 rings (SSSR count). The molecule has 0 aliphatic rings. The molecular weight excluding hydrogens is 300 g/mol. The first-order chi connectivity index (χ1) is 11.6. The minimum Gasteiger partial charge on any atom is -0.475 e. The van der Waals surface area contributed by atoms with E-state index in [-0.39, 0.29) is 0 Å². The first-order valence-electron chi connectivity index (χ1n) is 9.41. The van der Waals surface area contributed by atoms with E-state index in [1.807, 2.05) is 30.3 Å². The summed E-state index contributed by atoms with van der Waals surface area (Å²) >= 11 is 0. The van der Waals surface area contributed by atoms with Crippen LogP contribution in [0.5, 0.6) is 0 Å². The number of aliphatic carboxylic acids is 1. The Labute approximate surface area is 146 Å². The lowest BCUT2D eigenvalue weighted by Crippen LogP contribution is -2.40. The van der Waals surface area contributed by atoms with E-state index in [1.54, 1.807) is 0 Å². The van der Waals surface area contributed by atoms with Crippen LogP contribution < -0.4 is 0 Å². The van der Waals surface area contributed by atoms with Crippen LogP contribution in [0.2, 0.25) is 0 Å². The molecule has 0 saturated heterocycles. The Morgan fingerprint density at radius 1 is 0.833 bits per heavy atom. The topological polar surface area (TPSA) is 54.4 Å². The van der Waals surface area contributed by atoms with Crippen molar-refractivity contribution in [3.8, 4) is 0 Å². The van der Waals surface area contributed by atoms with Gasteiger partial charge in [-0.25, -0.2) is 4.79 Å². The lowest BCUT2D eigenvalue weighted by Gasteiger charge is -2.32. The van der Waals surface area contributed by atoms with Crippen molar-refractivity contribution >= 4 is 11.8 Å². The van der Waals surface area contributed by atoms with E-state index in [2.05, 4.69) is 13.8 Å². The third-order valence-corrected chi connectivity index (χ3v) is 4.87. The van der Waals surface area contributed by atoms with Crippen molar-refractivity contribution in [3.63, 3.8) is 0 Å². The van der Waals surface area contributed by atoms with Gasteiger partial charge < -0.3 is 5.11 Å². The van der Waals surface area contributed by atoms with Crippen LogP contribution in [0.25, 0.3) is 0 Å². The van der Waals surface area contributed by atoms with E-state index in [9.17, 15) is 14.7 Å². The molecule has 0 aliphatic heterocycles. The summed E-state index contributed by atoms with van der Waals surface area (Å²) in [5, 5.41) is 9.43. The number of unbranched alkanes of at least 4 members (excludes halogenated alkanes) is 6. The number of ketones is 1. The number of carboxylic acid groups (broad SMARTS) is 1. The number of hydrogen-bond donors (Lipinski definition) is 1. The molecule has 24 heavy (non-hydrogen) atoms. The van der Waals surface area contributed by atoms with Gasteiger partial charge in [0.2, 0.25) is 5.78 Å². The second-order valence-corrected chi connectivity index (χ2v) is 6.70. The molecule has 0 radical (unpaired) electrons. The SMILES string of the molecule is CCCCCCC(CCCCCC)(C(=O)C(=O)O)c1ccccc1. The number of hydrogen-bond acceptors (Lipinski definition) is 2. The highest BCUT2D eigenvalue weighted by Crippen LogP contribution is 2.37. The fourth-order valence-electron chi connectivity index (χ4n) is 3.44. The molecule has 0 saturated carbocycles. The minimum atomic E-state index is -1.30. The average Bonchev–Trinajstić information content (AvgIpc) is 2.60. The summed E-state index contributed by atoms with van der Waals surface area (Å²) < 4.78 is 0. The molecule has 3 nitrogen and oxygen atoms in total. The molecule has 0 fully saturated rings. The highest BCUT2D eigenvalue weighted by Gasteiger charge is 2.42. The predicted molar refractivity (Wildman–Crippen MR) is 98.3 cm³/mol. The second-order valence-electron chi connectivity index (χ2n) is 6.70. The maximum Gasteiger partial charge on any atom is 0.373 e. The number of carboxylic acids is 1. The molecule has 0 unspecified atom stereocenters. The van der Waals surface area contributed by atoms with Gasteiger partial charge in [0.15, 0.2) is 0 Å². The van der Waals surface area contributed by atoms with Gasteiger partial charge in [0.25, 0.3) is 0 Å². The number of Topliss-reactive ketones (excluding diaryl/α,β-unsaturated/α-hetero) is 1. The van der Waals surface area contributed by atoms with Gasteiger partial charge in [0.1, 0.15) is 0 Å². The van der Waals surface area contributed by atoms with Crippen LogP contribution in [0.4, 0.5) is 0 Å². The number of carbonyl (C=O) groups is 2. The predicted octanol–water partition coefficient (Wildman–Crippen LogP) is 5.52. The number of rotatable bonds is 13. The highest BCUT2D eigenvalue weighted by atomic mass is 16.4. The van der Waals surface area contributed by atoms with Crippen LogP contribution in [0.1, 0.15) is 83.6 Å². The zero-order valence-electron chi connectivity index (χ0n) is 15.2. The van der Waals surface area contributed by atoms with Crippen molar-refractivity contribution in [2.24, 2.45) is 0 Å². The summed E-state index contributed by atoms with van der Waals surface area (Å²) in [6.45, 7) is 4.30. The fraction of sp³-hybridized carbons (Fsp3) is 0.619. The Hall–Kier alpha value is -1.64. The maximum atomic E-state index is 12.7. The summed E-state index contributed by atoms with van der Waals surface area (Å²) in [5.41, 5.74) is -0.000384. The molecule has 0 heterocycles. The van der Waals surface area contributed by atoms with Gasteiger partial charge in [-0.3, -0.25) is 4.79 Å². The normalized spacial score (nSPS) is 11.4. The van der Waals surface area contributed by atoms with Crippen LogP contribution in [-0.4, -0.2) is 16.9 Å². The zero-order valence-corrected chi connectivity index (χ0v) is 15.2. The quantitative estimate of drug-likeness (QED) is 0.382. The van der Waals surface area contributed by atoms with E-state index in [0.29, 0.717) is 12.8 Å². The van der Waals surface area contributed by atoms with Crippen molar-refractivity contribution < 1.29 is 14.7 Å². The Bertz CT molecular complexity index is 481. The lowest BCUT2D eigenvalue weighted by atomic mass is 9.69. The van der Waals surface area contributed by atoms with Gasteiger partial charge in [0.05, 0.1) is 5.41 Å². The van der Waals surface area contributed by atoms with Gasteiger partial charge >= 0.3 is 5.97 Å². The first kappa shape index (κ1) is 20.4. The standard InChI is InChI=1S/C21H32O3/c1-3-5-7-12-16-21(19(22)20(23)24,17-13-8-6-4-2)18-14-10-9-11-15-18/h9-11,14-15H,3-8,12-13,16-17H2,1-2H3,(H,23,24). The van der Waals surface area contributed by atoms with Crippen molar-refractivity contribution in [2.45, 2.75) is 83.5 Å². The Balaban J connectivity index is 3.06. The van der Waals surface area contributed by atoms with Gasteiger partial charge in [-0.05, 0) is 18.4 Å². The zero-order chi connectivity index (χ0) is 17.8. The van der Waals surface area contributed by atoms with Crippen LogP contribution in [0.3, 0.4) is 0 Å². The molecule has 0 amide bonds. The lowest BCUT2D eigenvalue weighted by molar-refractivity contribution is -0.152. The molecule has 0 aromatic heterocycles. The van der Waals surface area contributed by atoms with Crippen molar-refractivity contribution in [1.29, 1.82) is 0 Å². The van der Waals surface area contributed by atoms with E-state index in [1.165, 1.54) is 0 Å². The maximum absolute atomic E-state index is 12.7. The van der Waals surface area contributed by atoms with Crippen LogP contribution >= 0.6 is 0 Å². The summed E-state index contributed by atoms with van der Waals surface area (Å²) in [4.78, 5) is 24.2. The molecule has 134 valence electrons. The molecular formula is C21H32O3. The number of benzene rings is 1. The molecule has 0 bridgehead atoms. The summed E-state index contributed by atoms with van der Waals surface area (Å²) in [6, 6.07) is 9.54. The first-order valence-corrected chi connectivity index (χ1v) is 9.41. The third-order valence-electron chi connectivity index (χ3n) is 4.87. The van der Waals surface area contributed by atoms with Crippen molar-refractivity contribution in [3.05, 3.63) is 35.9 Å². The highest BCUT2D eigenvalue weighted by molar-refractivity contribution is 6.36. The summed E-state index contributed by atoms with van der Waals surface area (Å²) in [6.07, 6.45) is 9.67. The Kier molecular flexibility index (Phi) is 9.36. The van der Waals surface area contributed by atoms with E-state index >= 15 is 0 Å². The Morgan fingerprint density at radius 3 is 1.75 bits per heavy atom. The third kappa shape index (κ3) is 5.77. The van der Waals surface area contributed by atoms with Crippen molar-refractivity contribution in [2.75, 3.05) is 0 Å². The average molecular weight is 332 g/mol. The Morgan fingerprint density at radius 2 is 1.33 bits per heavy atom. The van der Waals surface area contributed by atoms with Crippen LogP contribution in [-0.2, 0) is 15.0 Å². The van der Waals surface area contributed by atoms with Crippen LogP contribution in [0.15, 0.2) is 30.3 Å². The van der Waals surface area contributed by atoms with E-state index < -0.39 is 17.2 Å². The largest absolute Gasteiger partial charge is 0.475 e.